The topological polar surface area (TPSA) is 69.0 Å². The predicted molar refractivity (Wildman–Crippen MR) is 109 cm³/mol. The first kappa shape index (κ1) is 19.2. The third-order valence-corrected chi connectivity index (χ3v) is 5.11. The van der Waals surface area contributed by atoms with E-state index in [1.807, 2.05) is 36.4 Å². The molecule has 0 saturated carbocycles. The van der Waals surface area contributed by atoms with E-state index in [1.54, 1.807) is 30.2 Å². The van der Waals surface area contributed by atoms with Crippen LogP contribution in [0.5, 0.6) is 5.75 Å². The molecule has 3 aromatic rings. The molecule has 1 fully saturated rings. The summed E-state index contributed by atoms with van der Waals surface area (Å²) in [5, 5.41) is 0.717. The van der Waals surface area contributed by atoms with Crippen molar-refractivity contribution < 1.29 is 18.7 Å². The molecule has 1 aliphatic heterocycles. The Morgan fingerprint density at radius 1 is 1.17 bits per heavy atom. The van der Waals surface area contributed by atoms with Crippen LogP contribution in [-0.2, 0) is 11.3 Å². The molecular weight excluding hydrogens is 370 g/mol. The summed E-state index contributed by atoms with van der Waals surface area (Å²) >= 11 is 0. The fourth-order valence-corrected chi connectivity index (χ4v) is 3.63. The standard InChI is InChI=1S/C23H23NO5/c1-27-18-8-4-6-16(12-18)14-24(15-19-9-5-11-28-19)22(25)20-13-17-7-2-3-10-21(17)29-23(20)26/h2-4,6-8,10,12-13,19H,5,9,11,14-15H2,1H3/t19-/m0/s1. The Labute approximate surface area is 168 Å². The Hall–Kier alpha value is -3.12. The molecule has 1 amide bonds. The molecule has 2 heterocycles. The minimum absolute atomic E-state index is 0.0305. The highest BCUT2D eigenvalue weighted by atomic mass is 16.5. The molecule has 6 nitrogen and oxygen atoms in total. The van der Waals surface area contributed by atoms with Crippen molar-refractivity contribution in [1.29, 1.82) is 0 Å². The third kappa shape index (κ3) is 4.32. The summed E-state index contributed by atoms with van der Waals surface area (Å²) in [5.41, 5.74) is 0.787. The lowest BCUT2D eigenvalue weighted by Crippen LogP contribution is -2.38. The lowest BCUT2D eigenvalue weighted by molar-refractivity contribution is 0.0504. The van der Waals surface area contributed by atoms with Gasteiger partial charge in [-0.25, -0.2) is 4.79 Å². The third-order valence-electron chi connectivity index (χ3n) is 5.11. The second kappa shape index (κ2) is 8.49. The van der Waals surface area contributed by atoms with E-state index in [9.17, 15) is 9.59 Å². The number of ether oxygens (including phenoxy) is 2. The zero-order chi connectivity index (χ0) is 20.2. The fourth-order valence-electron chi connectivity index (χ4n) is 3.63. The maximum atomic E-state index is 13.3. The highest BCUT2D eigenvalue weighted by Gasteiger charge is 2.26. The Bertz CT molecular complexity index is 1070. The molecule has 150 valence electrons. The van der Waals surface area contributed by atoms with Crippen LogP contribution in [0.15, 0.2) is 63.8 Å². The molecule has 1 aromatic heterocycles. The van der Waals surface area contributed by atoms with E-state index >= 15 is 0 Å². The van der Waals surface area contributed by atoms with Crippen molar-refractivity contribution in [1.82, 2.24) is 4.90 Å². The van der Waals surface area contributed by atoms with Crippen LogP contribution < -0.4 is 10.4 Å². The molecule has 4 rings (SSSR count). The maximum absolute atomic E-state index is 13.3. The molecule has 0 radical (unpaired) electrons. The van der Waals surface area contributed by atoms with Crippen molar-refractivity contribution in [2.75, 3.05) is 20.3 Å². The van der Waals surface area contributed by atoms with Gasteiger partial charge in [0.25, 0.3) is 5.91 Å². The largest absolute Gasteiger partial charge is 0.497 e. The fraction of sp³-hybridized carbons (Fsp3) is 0.304. The van der Waals surface area contributed by atoms with Crippen LogP contribution in [-0.4, -0.2) is 37.2 Å². The van der Waals surface area contributed by atoms with Crippen LogP contribution >= 0.6 is 0 Å². The van der Waals surface area contributed by atoms with Gasteiger partial charge in [0.05, 0.1) is 13.2 Å². The van der Waals surface area contributed by atoms with Gasteiger partial charge < -0.3 is 18.8 Å². The summed E-state index contributed by atoms with van der Waals surface area (Å²) in [6.45, 7) is 1.47. The quantitative estimate of drug-likeness (QED) is 0.598. The van der Waals surface area contributed by atoms with Gasteiger partial charge in [-0.05, 0) is 42.7 Å². The van der Waals surface area contributed by atoms with Crippen LogP contribution in [0, 0.1) is 0 Å². The molecule has 0 N–H and O–H groups in total. The number of nitrogens with zero attached hydrogens (tertiary/aromatic N) is 1. The zero-order valence-electron chi connectivity index (χ0n) is 16.3. The summed E-state index contributed by atoms with van der Waals surface area (Å²) in [4.78, 5) is 27.5. The van der Waals surface area contributed by atoms with E-state index in [2.05, 4.69) is 0 Å². The van der Waals surface area contributed by atoms with E-state index < -0.39 is 5.63 Å². The maximum Gasteiger partial charge on any atom is 0.349 e. The lowest BCUT2D eigenvalue weighted by atomic mass is 10.1. The van der Waals surface area contributed by atoms with Crippen molar-refractivity contribution in [3.63, 3.8) is 0 Å². The average molecular weight is 393 g/mol. The highest BCUT2D eigenvalue weighted by molar-refractivity contribution is 5.96. The molecule has 0 bridgehead atoms. The van der Waals surface area contributed by atoms with Crippen LogP contribution in [0.3, 0.4) is 0 Å². The van der Waals surface area contributed by atoms with Gasteiger partial charge in [-0.1, -0.05) is 30.3 Å². The molecule has 1 atom stereocenters. The summed E-state index contributed by atoms with van der Waals surface area (Å²) in [7, 11) is 1.61. The second-order valence-corrected chi connectivity index (χ2v) is 7.16. The Balaban J connectivity index is 1.66. The van der Waals surface area contributed by atoms with Gasteiger partial charge in [0.1, 0.15) is 16.9 Å². The molecule has 0 aliphatic carbocycles. The van der Waals surface area contributed by atoms with Crippen molar-refractivity contribution in [3.8, 4) is 5.75 Å². The van der Waals surface area contributed by atoms with E-state index in [4.69, 9.17) is 13.9 Å². The first-order valence-electron chi connectivity index (χ1n) is 9.71. The molecule has 1 aliphatic rings. The van der Waals surface area contributed by atoms with Gasteiger partial charge in [0, 0.05) is 25.1 Å². The lowest BCUT2D eigenvalue weighted by Gasteiger charge is -2.25. The average Bonchev–Trinajstić information content (AvgIpc) is 3.25. The van der Waals surface area contributed by atoms with Gasteiger partial charge in [-0.15, -0.1) is 0 Å². The Kier molecular flexibility index (Phi) is 5.62. The van der Waals surface area contributed by atoms with Crippen LogP contribution in [0.1, 0.15) is 28.8 Å². The van der Waals surface area contributed by atoms with Crippen molar-refractivity contribution in [3.05, 3.63) is 76.1 Å². The van der Waals surface area contributed by atoms with Crippen molar-refractivity contribution in [2.45, 2.75) is 25.5 Å². The number of fused-ring (bicyclic) bond motifs is 1. The number of para-hydroxylation sites is 1. The summed E-state index contributed by atoms with van der Waals surface area (Å²) in [6.07, 6.45) is 1.84. The number of hydrogen-bond donors (Lipinski definition) is 0. The van der Waals surface area contributed by atoms with Gasteiger partial charge in [-0.3, -0.25) is 4.79 Å². The smallest absolute Gasteiger partial charge is 0.349 e. The summed E-state index contributed by atoms with van der Waals surface area (Å²) in [5.74, 6) is 0.361. The minimum atomic E-state index is -0.628. The molecule has 0 spiro atoms. The zero-order valence-corrected chi connectivity index (χ0v) is 16.3. The minimum Gasteiger partial charge on any atom is -0.497 e. The Morgan fingerprint density at radius 3 is 2.83 bits per heavy atom. The van der Waals surface area contributed by atoms with E-state index in [1.165, 1.54) is 0 Å². The molecule has 0 unspecified atom stereocenters. The van der Waals surface area contributed by atoms with Crippen molar-refractivity contribution in [2.24, 2.45) is 0 Å². The number of hydrogen-bond acceptors (Lipinski definition) is 5. The molecule has 1 saturated heterocycles. The van der Waals surface area contributed by atoms with E-state index in [-0.39, 0.29) is 17.6 Å². The number of rotatable bonds is 6. The Morgan fingerprint density at radius 2 is 2.03 bits per heavy atom. The van der Waals surface area contributed by atoms with Crippen molar-refractivity contribution >= 4 is 16.9 Å². The molecule has 29 heavy (non-hydrogen) atoms. The monoisotopic (exact) mass is 393 g/mol. The number of carbonyl (C=O) groups excluding carboxylic acids is 1. The predicted octanol–water partition coefficient (Wildman–Crippen LogP) is 3.62. The second-order valence-electron chi connectivity index (χ2n) is 7.16. The number of methoxy groups -OCH3 is 1. The number of benzene rings is 2. The van der Waals surface area contributed by atoms with Gasteiger partial charge in [0.2, 0.25) is 0 Å². The van der Waals surface area contributed by atoms with Gasteiger partial charge in [0.15, 0.2) is 0 Å². The molecular formula is C23H23NO5. The van der Waals surface area contributed by atoms with Crippen LogP contribution in [0.2, 0.25) is 0 Å². The van der Waals surface area contributed by atoms with Crippen LogP contribution in [0.4, 0.5) is 0 Å². The number of amides is 1. The van der Waals surface area contributed by atoms with E-state index in [0.717, 1.165) is 24.2 Å². The summed E-state index contributed by atoms with van der Waals surface area (Å²) < 4.78 is 16.4. The molecule has 2 aromatic carbocycles. The van der Waals surface area contributed by atoms with Gasteiger partial charge >= 0.3 is 5.63 Å². The SMILES string of the molecule is COc1cccc(CN(C[C@@H]2CCCO2)C(=O)c2cc3ccccc3oc2=O)c1. The highest BCUT2D eigenvalue weighted by Crippen LogP contribution is 2.20. The molecule has 6 heteroatoms. The van der Waals surface area contributed by atoms with E-state index in [0.29, 0.717) is 30.7 Å². The van der Waals surface area contributed by atoms with Gasteiger partial charge in [-0.2, -0.15) is 0 Å². The van der Waals surface area contributed by atoms with Crippen LogP contribution in [0.25, 0.3) is 11.0 Å². The normalized spacial score (nSPS) is 16.1. The summed E-state index contributed by atoms with van der Waals surface area (Å²) in [6, 6.07) is 16.3. The first-order valence-corrected chi connectivity index (χ1v) is 9.71. The number of carbonyl (C=O) groups is 1. The first-order chi connectivity index (χ1) is 14.1.